The van der Waals surface area contributed by atoms with Crippen LogP contribution >= 0.6 is 0 Å². The highest BCUT2D eigenvalue weighted by Crippen LogP contribution is 2.38. The molecule has 1 fully saturated rings. The minimum atomic E-state index is -5.75. The highest BCUT2D eigenvalue weighted by molar-refractivity contribution is 5.70. The molecule has 1 saturated carbocycles. The van der Waals surface area contributed by atoms with Crippen molar-refractivity contribution in [1.82, 2.24) is 0 Å². The Morgan fingerprint density at radius 3 is 2.12 bits per heavy atom. The van der Waals surface area contributed by atoms with Crippen LogP contribution in [-0.2, 0) is 0 Å². The summed E-state index contributed by atoms with van der Waals surface area (Å²) in [4.78, 5) is 0. The van der Waals surface area contributed by atoms with Crippen LogP contribution in [0.2, 0.25) is 0 Å². The third-order valence-corrected chi connectivity index (χ3v) is 6.09. The van der Waals surface area contributed by atoms with Crippen molar-refractivity contribution in [1.29, 1.82) is 0 Å². The van der Waals surface area contributed by atoms with Crippen LogP contribution in [0.1, 0.15) is 61.6 Å². The van der Waals surface area contributed by atoms with Crippen molar-refractivity contribution in [3.05, 3.63) is 65.0 Å². The lowest BCUT2D eigenvalue weighted by atomic mass is 9.78. The molecule has 1 nitrogen and oxygen atoms in total. The average molecular weight is 474 g/mol. The van der Waals surface area contributed by atoms with Crippen molar-refractivity contribution in [3.8, 4) is 5.75 Å². The van der Waals surface area contributed by atoms with Crippen molar-refractivity contribution < 1.29 is 35.5 Å². The number of rotatable bonds is 7. The Morgan fingerprint density at radius 2 is 1.58 bits per heavy atom. The molecule has 0 N–H and O–H groups in total. The van der Waals surface area contributed by atoms with Gasteiger partial charge in [-0.15, -0.1) is 0 Å². The molecule has 0 aromatic heterocycles. The number of halogens is 7. The van der Waals surface area contributed by atoms with Gasteiger partial charge in [-0.05, 0) is 66.8 Å². The SMILES string of the molecule is CCC1CCC(c2ccc(C=Cc3ccc(OC(F)(F)C(F)C(F)(F)F)cc3)c(F)c2)CC1. The summed E-state index contributed by atoms with van der Waals surface area (Å²) in [6.45, 7) is 2.19. The molecule has 33 heavy (non-hydrogen) atoms. The summed E-state index contributed by atoms with van der Waals surface area (Å²) in [5, 5.41) is 0. The van der Waals surface area contributed by atoms with E-state index < -0.39 is 24.2 Å². The number of benzene rings is 2. The van der Waals surface area contributed by atoms with Crippen LogP contribution in [0, 0.1) is 11.7 Å². The molecule has 0 aliphatic heterocycles. The van der Waals surface area contributed by atoms with Crippen LogP contribution < -0.4 is 4.74 Å². The molecule has 0 bridgehead atoms. The zero-order chi connectivity index (χ0) is 24.2. The summed E-state index contributed by atoms with van der Waals surface area (Å²) < 4.78 is 94.7. The third kappa shape index (κ3) is 6.51. The molecule has 1 aliphatic carbocycles. The molecule has 2 aromatic carbocycles. The van der Waals surface area contributed by atoms with Crippen LogP contribution in [0.5, 0.6) is 5.75 Å². The van der Waals surface area contributed by atoms with Crippen molar-refractivity contribution in [2.24, 2.45) is 5.92 Å². The minimum Gasteiger partial charge on any atom is -0.430 e. The minimum absolute atomic E-state index is 0.346. The van der Waals surface area contributed by atoms with Crippen LogP contribution in [-0.4, -0.2) is 18.5 Å². The fourth-order valence-electron chi connectivity index (χ4n) is 4.07. The molecule has 0 amide bonds. The molecule has 8 heteroatoms. The van der Waals surface area contributed by atoms with E-state index in [0.29, 0.717) is 17.0 Å². The quantitative estimate of drug-likeness (QED) is 0.289. The third-order valence-electron chi connectivity index (χ3n) is 6.09. The highest BCUT2D eigenvalue weighted by Gasteiger charge is 2.59. The van der Waals surface area contributed by atoms with Gasteiger partial charge in [-0.2, -0.15) is 22.0 Å². The van der Waals surface area contributed by atoms with E-state index in [9.17, 15) is 30.7 Å². The summed E-state index contributed by atoms with van der Waals surface area (Å²) in [6, 6.07) is 9.70. The molecular formula is C25H25F7O. The smallest absolute Gasteiger partial charge is 0.430 e. The van der Waals surface area contributed by atoms with Gasteiger partial charge in [0.25, 0.3) is 6.17 Å². The van der Waals surface area contributed by atoms with E-state index in [4.69, 9.17) is 0 Å². The Hall–Kier alpha value is -2.51. The first kappa shape index (κ1) is 25.1. The Kier molecular flexibility index (Phi) is 7.75. The van der Waals surface area contributed by atoms with Crippen molar-refractivity contribution in [2.75, 3.05) is 0 Å². The lowest BCUT2D eigenvalue weighted by molar-refractivity contribution is -0.304. The van der Waals surface area contributed by atoms with Gasteiger partial charge in [-0.1, -0.05) is 49.8 Å². The van der Waals surface area contributed by atoms with Gasteiger partial charge in [0.2, 0.25) is 0 Å². The van der Waals surface area contributed by atoms with E-state index in [0.717, 1.165) is 49.3 Å². The Labute approximate surface area is 188 Å². The predicted octanol–water partition coefficient (Wildman–Crippen LogP) is 8.55. The van der Waals surface area contributed by atoms with E-state index in [1.54, 1.807) is 12.1 Å². The van der Waals surface area contributed by atoms with Gasteiger partial charge in [-0.25, -0.2) is 8.78 Å². The van der Waals surface area contributed by atoms with E-state index in [1.165, 1.54) is 30.7 Å². The molecule has 1 unspecified atom stereocenters. The van der Waals surface area contributed by atoms with Gasteiger partial charge < -0.3 is 4.74 Å². The molecule has 0 saturated heterocycles. The number of ether oxygens (including phenoxy) is 1. The summed E-state index contributed by atoms with van der Waals surface area (Å²) >= 11 is 0. The lowest BCUT2D eigenvalue weighted by Crippen LogP contribution is -2.45. The number of hydrogen-bond acceptors (Lipinski definition) is 1. The highest BCUT2D eigenvalue weighted by atomic mass is 19.4. The summed E-state index contributed by atoms with van der Waals surface area (Å²) in [5.41, 5.74) is 1.80. The zero-order valence-corrected chi connectivity index (χ0v) is 18.0. The molecular weight excluding hydrogens is 449 g/mol. The second-order valence-corrected chi connectivity index (χ2v) is 8.38. The fourth-order valence-corrected chi connectivity index (χ4v) is 4.07. The molecule has 0 spiro atoms. The lowest BCUT2D eigenvalue weighted by Gasteiger charge is -2.28. The maximum absolute atomic E-state index is 14.6. The normalized spacial score (nSPS) is 20.7. The summed E-state index contributed by atoms with van der Waals surface area (Å²) in [5.74, 6) is 0.103. The molecule has 2 aromatic rings. The number of alkyl halides is 6. The van der Waals surface area contributed by atoms with E-state index in [-0.39, 0.29) is 5.82 Å². The second-order valence-electron chi connectivity index (χ2n) is 8.38. The fraction of sp³-hybridized carbons (Fsp3) is 0.440. The van der Waals surface area contributed by atoms with Gasteiger partial charge in [0.05, 0.1) is 0 Å². The summed E-state index contributed by atoms with van der Waals surface area (Å²) in [7, 11) is 0. The van der Waals surface area contributed by atoms with Crippen LogP contribution in [0.25, 0.3) is 12.2 Å². The first-order valence-electron chi connectivity index (χ1n) is 10.8. The average Bonchev–Trinajstić information content (AvgIpc) is 2.78. The van der Waals surface area contributed by atoms with Gasteiger partial charge in [0.15, 0.2) is 0 Å². The molecule has 3 rings (SSSR count). The largest absolute Gasteiger partial charge is 0.439 e. The van der Waals surface area contributed by atoms with Gasteiger partial charge >= 0.3 is 12.3 Å². The Morgan fingerprint density at radius 1 is 0.939 bits per heavy atom. The number of hydrogen-bond donors (Lipinski definition) is 0. The van der Waals surface area contributed by atoms with E-state index in [2.05, 4.69) is 11.7 Å². The first-order valence-corrected chi connectivity index (χ1v) is 10.8. The maximum atomic E-state index is 14.6. The second kappa shape index (κ2) is 10.2. The van der Waals surface area contributed by atoms with Gasteiger partial charge in [-0.3, -0.25) is 0 Å². The Bertz CT molecular complexity index is 942. The first-order chi connectivity index (χ1) is 15.5. The van der Waals surface area contributed by atoms with Gasteiger partial charge in [0.1, 0.15) is 11.6 Å². The molecule has 1 aliphatic rings. The van der Waals surface area contributed by atoms with E-state index in [1.807, 2.05) is 6.07 Å². The predicted molar refractivity (Wildman–Crippen MR) is 113 cm³/mol. The van der Waals surface area contributed by atoms with Crippen molar-refractivity contribution in [3.63, 3.8) is 0 Å². The topological polar surface area (TPSA) is 9.23 Å². The van der Waals surface area contributed by atoms with Crippen LogP contribution in [0.15, 0.2) is 42.5 Å². The maximum Gasteiger partial charge on any atom is 0.439 e. The van der Waals surface area contributed by atoms with Crippen LogP contribution in [0.4, 0.5) is 30.7 Å². The van der Waals surface area contributed by atoms with Crippen molar-refractivity contribution >= 4 is 12.2 Å². The summed E-state index contributed by atoms with van der Waals surface area (Å²) in [6.07, 6.45) is -6.65. The van der Waals surface area contributed by atoms with Crippen molar-refractivity contribution in [2.45, 2.75) is 63.4 Å². The standard InChI is InChI=1S/C25H25F7O/c1-2-16-3-8-18(9-4-16)20-12-11-19(22(26)15-20)10-5-17-6-13-21(14-7-17)33-25(31,32)23(27)24(28,29)30/h5-7,10-16,18,23H,2-4,8-9H2,1H3. The zero-order valence-electron chi connectivity index (χ0n) is 18.0. The molecule has 180 valence electrons. The molecule has 0 heterocycles. The molecule has 0 radical (unpaired) electrons. The van der Waals surface area contributed by atoms with E-state index >= 15 is 0 Å². The monoisotopic (exact) mass is 474 g/mol. The molecule has 1 atom stereocenters. The van der Waals surface area contributed by atoms with Crippen LogP contribution in [0.3, 0.4) is 0 Å². The Balaban J connectivity index is 1.63. The van der Waals surface area contributed by atoms with Gasteiger partial charge in [0, 0.05) is 5.56 Å².